The van der Waals surface area contributed by atoms with Gasteiger partial charge in [-0.2, -0.15) is 4.31 Å². The van der Waals surface area contributed by atoms with Crippen molar-refractivity contribution in [1.29, 1.82) is 0 Å². The summed E-state index contributed by atoms with van der Waals surface area (Å²) in [5, 5.41) is 4.37. The topological polar surface area (TPSA) is 79.8 Å². The number of thiazole rings is 1. The van der Waals surface area contributed by atoms with Crippen LogP contribution in [0.2, 0.25) is 0 Å². The van der Waals surface area contributed by atoms with E-state index in [2.05, 4.69) is 9.88 Å². The van der Waals surface area contributed by atoms with E-state index in [0.717, 1.165) is 27.6 Å². The monoisotopic (exact) mass is 481 g/mol. The Morgan fingerprint density at radius 3 is 2.52 bits per heavy atom. The molecule has 0 amide bonds. The van der Waals surface area contributed by atoms with Crippen LogP contribution in [0.25, 0.3) is 10.6 Å². The van der Waals surface area contributed by atoms with Gasteiger partial charge in [-0.3, -0.25) is 4.90 Å². The maximum Gasteiger partial charge on any atom is 0.349 e. The first kappa shape index (κ1) is 22.0. The van der Waals surface area contributed by atoms with E-state index < -0.39 is 16.0 Å². The normalized spacial score (nSPS) is 15.8. The van der Waals surface area contributed by atoms with Crippen LogP contribution in [0, 0.1) is 5.82 Å². The number of nitrogens with zero attached hydrogens (tertiary/aromatic N) is 3. The van der Waals surface area contributed by atoms with Crippen LogP contribution in [0.1, 0.15) is 15.4 Å². The molecule has 0 N–H and O–H groups in total. The lowest BCUT2D eigenvalue weighted by molar-refractivity contribution is 0.0602. The molecule has 31 heavy (non-hydrogen) atoms. The van der Waals surface area contributed by atoms with Gasteiger partial charge in [-0.15, -0.1) is 22.7 Å². The summed E-state index contributed by atoms with van der Waals surface area (Å²) in [5.41, 5.74) is 1.76. The van der Waals surface area contributed by atoms with E-state index in [4.69, 9.17) is 4.74 Å². The molecule has 1 aromatic carbocycles. The van der Waals surface area contributed by atoms with E-state index >= 15 is 0 Å². The summed E-state index contributed by atoms with van der Waals surface area (Å²) in [6, 6.07) is 7.68. The molecule has 3 heterocycles. The Hall–Kier alpha value is -2.18. The van der Waals surface area contributed by atoms with Gasteiger partial charge in [0.1, 0.15) is 20.6 Å². The standard InChI is InChI=1S/C20H20FN3O4S3/c1-28-20(25)18-17(6-11-29-18)31(26,27)24-9-7-23(8-10-24)12-16-13-30-19(22-16)14-2-4-15(21)5-3-14/h2-6,11,13H,7-10,12H2,1H3. The van der Waals surface area contributed by atoms with Crippen LogP contribution in [0.15, 0.2) is 46.0 Å². The molecule has 0 spiro atoms. The number of hydrogen-bond acceptors (Lipinski definition) is 8. The van der Waals surface area contributed by atoms with Gasteiger partial charge in [0.05, 0.1) is 12.8 Å². The number of carbonyl (C=O) groups excluding carboxylic acids is 1. The Morgan fingerprint density at radius 2 is 1.84 bits per heavy atom. The number of esters is 1. The minimum atomic E-state index is -3.76. The summed E-state index contributed by atoms with van der Waals surface area (Å²) in [7, 11) is -2.53. The second-order valence-corrected chi connectivity index (χ2v) is 10.6. The van der Waals surface area contributed by atoms with Crippen molar-refractivity contribution in [2.45, 2.75) is 11.4 Å². The quantitative estimate of drug-likeness (QED) is 0.503. The van der Waals surface area contributed by atoms with Crippen LogP contribution in [0.4, 0.5) is 4.39 Å². The first-order valence-corrected chi connectivity index (χ1v) is 12.7. The van der Waals surface area contributed by atoms with Crippen molar-refractivity contribution in [3.8, 4) is 10.6 Å². The Morgan fingerprint density at radius 1 is 1.13 bits per heavy atom. The fraction of sp³-hybridized carbons (Fsp3) is 0.300. The van der Waals surface area contributed by atoms with Crippen molar-refractivity contribution < 1.29 is 22.3 Å². The van der Waals surface area contributed by atoms with Gasteiger partial charge in [0.2, 0.25) is 10.0 Å². The first-order chi connectivity index (χ1) is 14.9. The van der Waals surface area contributed by atoms with Crippen molar-refractivity contribution in [3.63, 3.8) is 0 Å². The summed E-state index contributed by atoms with van der Waals surface area (Å²) in [6.45, 7) is 2.37. The molecular formula is C20H20FN3O4S3. The number of thiophene rings is 1. The molecule has 2 aromatic heterocycles. The maximum atomic E-state index is 13.1. The predicted octanol–water partition coefficient (Wildman–Crippen LogP) is 3.30. The Balaban J connectivity index is 1.39. The molecule has 1 aliphatic rings. The van der Waals surface area contributed by atoms with E-state index in [1.54, 1.807) is 17.5 Å². The molecule has 1 aliphatic heterocycles. The maximum absolute atomic E-state index is 13.1. The van der Waals surface area contributed by atoms with Crippen molar-refractivity contribution in [2.75, 3.05) is 33.3 Å². The second-order valence-electron chi connectivity index (χ2n) is 6.94. The molecule has 0 unspecified atom stereocenters. The molecule has 1 saturated heterocycles. The van der Waals surface area contributed by atoms with Gasteiger partial charge in [0.25, 0.3) is 0 Å². The number of carbonyl (C=O) groups is 1. The van der Waals surface area contributed by atoms with Gasteiger partial charge in [0.15, 0.2) is 0 Å². The number of methoxy groups -OCH3 is 1. The number of aromatic nitrogens is 1. The molecule has 164 valence electrons. The van der Waals surface area contributed by atoms with Gasteiger partial charge in [0, 0.05) is 43.7 Å². The molecule has 1 fully saturated rings. The van der Waals surface area contributed by atoms with Crippen molar-refractivity contribution >= 4 is 38.7 Å². The van der Waals surface area contributed by atoms with Gasteiger partial charge < -0.3 is 4.74 Å². The minimum absolute atomic E-state index is 0.00115. The number of piperazine rings is 1. The largest absolute Gasteiger partial charge is 0.465 e. The van der Waals surface area contributed by atoms with Gasteiger partial charge in [-0.1, -0.05) is 0 Å². The third kappa shape index (κ3) is 4.70. The van der Waals surface area contributed by atoms with E-state index in [1.165, 1.54) is 41.0 Å². The molecule has 0 saturated carbocycles. The summed E-state index contributed by atoms with van der Waals surface area (Å²) in [4.78, 5) is 18.7. The average Bonchev–Trinajstić information content (AvgIpc) is 3.44. The number of benzene rings is 1. The molecule has 4 rings (SSSR count). The summed E-state index contributed by atoms with van der Waals surface area (Å²) in [5.74, 6) is -0.929. The first-order valence-electron chi connectivity index (χ1n) is 9.47. The molecule has 3 aromatic rings. The summed E-state index contributed by atoms with van der Waals surface area (Å²) < 4.78 is 45.2. The fourth-order valence-electron chi connectivity index (χ4n) is 3.34. The molecule has 0 bridgehead atoms. The van der Waals surface area contributed by atoms with E-state index in [-0.39, 0.29) is 15.6 Å². The molecule has 11 heteroatoms. The zero-order chi connectivity index (χ0) is 22.0. The minimum Gasteiger partial charge on any atom is -0.465 e. The van der Waals surface area contributed by atoms with E-state index in [1.807, 2.05) is 5.38 Å². The third-order valence-corrected chi connectivity index (χ3v) is 8.88. The third-order valence-electron chi connectivity index (χ3n) is 4.98. The van der Waals surface area contributed by atoms with Crippen molar-refractivity contribution in [3.05, 3.63) is 57.5 Å². The van der Waals surface area contributed by atoms with Crippen LogP contribution in [-0.2, 0) is 21.3 Å². The fourth-order valence-corrected chi connectivity index (χ4v) is 6.89. The molecule has 0 aliphatic carbocycles. The lowest BCUT2D eigenvalue weighted by Crippen LogP contribution is -2.48. The second kappa shape index (κ2) is 9.13. The number of sulfonamides is 1. The zero-order valence-electron chi connectivity index (χ0n) is 16.7. The van der Waals surface area contributed by atoms with Crippen LogP contribution >= 0.6 is 22.7 Å². The van der Waals surface area contributed by atoms with Gasteiger partial charge >= 0.3 is 5.97 Å². The van der Waals surface area contributed by atoms with E-state index in [0.29, 0.717) is 32.7 Å². The van der Waals surface area contributed by atoms with Crippen LogP contribution < -0.4 is 0 Å². The zero-order valence-corrected chi connectivity index (χ0v) is 19.1. The van der Waals surface area contributed by atoms with Crippen LogP contribution in [0.5, 0.6) is 0 Å². The molecule has 0 atom stereocenters. The Bertz CT molecular complexity index is 1170. The Kier molecular flexibility index (Phi) is 6.49. The highest BCUT2D eigenvalue weighted by Gasteiger charge is 2.33. The molecular weight excluding hydrogens is 461 g/mol. The Labute approximate surface area is 187 Å². The lowest BCUT2D eigenvalue weighted by Gasteiger charge is -2.33. The smallest absolute Gasteiger partial charge is 0.349 e. The predicted molar refractivity (Wildman–Crippen MR) is 117 cm³/mol. The van der Waals surface area contributed by atoms with Crippen molar-refractivity contribution in [2.24, 2.45) is 0 Å². The van der Waals surface area contributed by atoms with E-state index in [9.17, 15) is 17.6 Å². The summed E-state index contributed by atoms with van der Waals surface area (Å²) in [6.07, 6.45) is 0. The van der Waals surface area contributed by atoms with Crippen LogP contribution in [-0.4, -0.2) is 61.9 Å². The van der Waals surface area contributed by atoms with Crippen molar-refractivity contribution in [1.82, 2.24) is 14.2 Å². The SMILES string of the molecule is COC(=O)c1sccc1S(=O)(=O)N1CCN(Cc2csc(-c3ccc(F)cc3)n2)CC1. The highest BCUT2D eigenvalue weighted by molar-refractivity contribution is 7.89. The van der Waals surface area contributed by atoms with Gasteiger partial charge in [-0.05, 0) is 35.7 Å². The molecule has 0 radical (unpaired) electrons. The lowest BCUT2D eigenvalue weighted by atomic mass is 10.2. The highest BCUT2D eigenvalue weighted by Crippen LogP contribution is 2.28. The number of ether oxygens (including phenoxy) is 1. The molecule has 7 nitrogen and oxygen atoms in total. The van der Waals surface area contributed by atoms with Gasteiger partial charge in [-0.25, -0.2) is 22.6 Å². The summed E-state index contributed by atoms with van der Waals surface area (Å²) >= 11 is 2.56. The average molecular weight is 482 g/mol. The number of rotatable bonds is 6. The van der Waals surface area contributed by atoms with Crippen LogP contribution in [0.3, 0.4) is 0 Å². The number of halogens is 1. The number of hydrogen-bond donors (Lipinski definition) is 0. The highest BCUT2D eigenvalue weighted by atomic mass is 32.2.